The maximum Gasteiger partial charge on any atom is 0.451 e. The smallest absolute Gasteiger partial charge is 0.362 e. The van der Waals surface area contributed by atoms with Crippen molar-refractivity contribution in [2.45, 2.75) is 11.2 Å². The van der Waals surface area contributed by atoms with Crippen LogP contribution in [0.3, 0.4) is 0 Å². The molecule has 0 aliphatic carbocycles. The van der Waals surface area contributed by atoms with Gasteiger partial charge >= 0.3 is 6.18 Å². The summed E-state index contributed by atoms with van der Waals surface area (Å²) >= 11 is 0.940. The number of para-hydroxylation sites is 3. The number of nitrogens with zero attached hydrogens (tertiary/aromatic N) is 5. The van der Waals surface area contributed by atoms with E-state index in [1.54, 1.807) is 41.3 Å². The molecule has 1 aliphatic rings. The van der Waals surface area contributed by atoms with E-state index < -0.39 is 16.9 Å². The van der Waals surface area contributed by atoms with E-state index in [1.807, 2.05) is 4.90 Å². The summed E-state index contributed by atoms with van der Waals surface area (Å²) in [6.07, 6.45) is -4.69. The van der Waals surface area contributed by atoms with Crippen LogP contribution in [0.25, 0.3) is 10.9 Å². The number of piperazine rings is 1. The summed E-state index contributed by atoms with van der Waals surface area (Å²) in [6, 6.07) is 12.8. The van der Waals surface area contributed by atoms with Gasteiger partial charge in [-0.05, 0) is 12.1 Å². The minimum Gasteiger partial charge on any atom is -0.362 e. The lowest BCUT2D eigenvalue weighted by Crippen LogP contribution is -2.49. The van der Waals surface area contributed by atoms with E-state index >= 15 is 0 Å². The highest BCUT2D eigenvalue weighted by molar-refractivity contribution is 8.00. The number of carbonyl (C=O) groups is 1. The third-order valence-electron chi connectivity index (χ3n) is 5.21. The third-order valence-corrected chi connectivity index (χ3v) is 6.18. The average Bonchev–Trinajstić information content (AvgIpc) is 2.81. The van der Waals surface area contributed by atoms with Gasteiger partial charge < -0.3 is 9.80 Å². The number of rotatable bonds is 5. The molecule has 12 heteroatoms. The number of amides is 1. The summed E-state index contributed by atoms with van der Waals surface area (Å²) in [5, 5.41) is 11.8. The molecular formula is C21H18F3N5O3S. The van der Waals surface area contributed by atoms with E-state index in [0.717, 1.165) is 11.8 Å². The second-order valence-electron chi connectivity index (χ2n) is 7.27. The Morgan fingerprint density at radius 3 is 2.39 bits per heavy atom. The summed E-state index contributed by atoms with van der Waals surface area (Å²) < 4.78 is 39.6. The van der Waals surface area contributed by atoms with Crippen molar-refractivity contribution in [1.29, 1.82) is 0 Å². The highest BCUT2D eigenvalue weighted by Crippen LogP contribution is 2.32. The number of hydrogen-bond acceptors (Lipinski definition) is 7. The number of thioether (sulfide) groups is 1. The number of carbonyl (C=O) groups excluding carboxylic acids is 1. The van der Waals surface area contributed by atoms with Gasteiger partial charge in [-0.3, -0.25) is 14.9 Å². The fourth-order valence-electron chi connectivity index (χ4n) is 3.59. The number of anilines is 1. The molecule has 0 bridgehead atoms. The minimum atomic E-state index is -4.69. The summed E-state index contributed by atoms with van der Waals surface area (Å²) in [7, 11) is 0. The zero-order chi connectivity index (χ0) is 23.6. The Kier molecular flexibility index (Phi) is 6.36. The van der Waals surface area contributed by atoms with Gasteiger partial charge in [-0.2, -0.15) is 13.2 Å². The molecule has 172 valence electrons. The summed E-state index contributed by atoms with van der Waals surface area (Å²) in [5.74, 6) is -1.56. The zero-order valence-corrected chi connectivity index (χ0v) is 18.0. The van der Waals surface area contributed by atoms with Crippen LogP contribution in [0.1, 0.15) is 5.82 Å². The third kappa shape index (κ3) is 5.00. The summed E-state index contributed by atoms with van der Waals surface area (Å²) in [6.45, 7) is 1.53. The van der Waals surface area contributed by atoms with Gasteiger partial charge in [0.25, 0.3) is 5.69 Å². The topological polar surface area (TPSA) is 92.5 Å². The number of nitro groups is 1. The lowest BCUT2D eigenvalue weighted by atomic mass is 10.2. The molecule has 3 aromatic rings. The fraction of sp³-hybridized carbons (Fsp3) is 0.286. The van der Waals surface area contributed by atoms with Crippen LogP contribution in [0.15, 0.2) is 53.6 Å². The first kappa shape index (κ1) is 22.8. The van der Waals surface area contributed by atoms with Crippen LogP contribution in [0.5, 0.6) is 0 Å². The Morgan fingerprint density at radius 1 is 1.03 bits per heavy atom. The highest BCUT2D eigenvalue weighted by Gasteiger charge is 2.35. The van der Waals surface area contributed by atoms with Crippen molar-refractivity contribution in [3.63, 3.8) is 0 Å². The molecular weight excluding hydrogens is 459 g/mol. The van der Waals surface area contributed by atoms with Crippen LogP contribution in [-0.2, 0) is 11.0 Å². The largest absolute Gasteiger partial charge is 0.451 e. The van der Waals surface area contributed by atoms with Gasteiger partial charge in [0.15, 0.2) is 0 Å². The predicted molar refractivity (Wildman–Crippen MR) is 117 cm³/mol. The molecule has 2 heterocycles. The molecule has 0 unspecified atom stereocenters. The van der Waals surface area contributed by atoms with Crippen LogP contribution in [0, 0.1) is 10.1 Å². The van der Waals surface area contributed by atoms with Gasteiger partial charge in [-0.25, -0.2) is 9.97 Å². The number of halogens is 3. The van der Waals surface area contributed by atoms with E-state index in [-0.39, 0.29) is 27.9 Å². The fourth-order valence-corrected chi connectivity index (χ4v) is 4.51. The molecule has 0 atom stereocenters. The molecule has 1 aromatic heterocycles. The number of benzene rings is 2. The van der Waals surface area contributed by atoms with Crippen LogP contribution in [0.2, 0.25) is 0 Å². The Balaban J connectivity index is 1.43. The Morgan fingerprint density at radius 2 is 1.70 bits per heavy atom. The molecule has 0 spiro atoms. The first-order chi connectivity index (χ1) is 15.7. The number of aromatic nitrogens is 2. The second kappa shape index (κ2) is 9.22. The number of nitro benzene ring substituents is 1. The monoisotopic (exact) mass is 477 g/mol. The zero-order valence-electron chi connectivity index (χ0n) is 17.2. The minimum absolute atomic E-state index is 0.00365. The normalized spacial score (nSPS) is 14.5. The first-order valence-electron chi connectivity index (χ1n) is 9.97. The van der Waals surface area contributed by atoms with Crippen LogP contribution in [0.4, 0.5) is 24.5 Å². The van der Waals surface area contributed by atoms with Crippen LogP contribution in [-0.4, -0.2) is 57.6 Å². The first-order valence-corrected chi connectivity index (χ1v) is 11.0. The molecule has 1 fully saturated rings. The Labute approximate surface area is 190 Å². The molecule has 4 rings (SSSR count). The average molecular weight is 477 g/mol. The van der Waals surface area contributed by atoms with Gasteiger partial charge in [-0.1, -0.05) is 42.1 Å². The van der Waals surface area contributed by atoms with E-state index in [2.05, 4.69) is 9.97 Å². The van der Waals surface area contributed by atoms with Crippen molar-refractivity contribution in [3.05, 3.63) is 64.5 Å². The maximum atomic E-state index is 13.2. The number of alkyl halides is 3. The lowest BCUT2D eigenvalue weighted by Gasteiger charge is -2.35. The van der Waals surface area contributed by atoms with E-state index in [4.69, 9.17) is 0 Å². The maximum absolute atomic E-state index is 13.2. The van der Waals surface area contributed by atoms with E-state index in [9.17, 15) is 28.1 Å². The highest BCUT2D eigenvalue weighted by atomic mass is 32.2. The van der Waals surface area contributed by atoms with Crippen molar-refractivity contribution in [2.75, 3.05) is 36.8 Å². The number of fused-ring (bicyclic) bond motifs is 1. The van der Waals surface area contributed by atoms with Crippen molar-refractivity contribution < 1.29 is 22.9 Å². The summed E-state index contributed by atoms with van der Waals surface area (Å²) in [4.78, 5) is 34.2. The Bertz CT molecular complexity index is 1200. The molecule has 2 aromatic carbocycles. The molecule has 0 radical (unpaired) electrons. The van der Waals surface area contributed by atoms with Gasteiger partial charge in [0.1, 0.15) is 10.7 Å². The second-order valence-corrected chi connectivity index (χ2v) is 8.23. The molecule has 8 nitrogen and oxygen atoms in total. The molecule has 1 amide bonds. The van der Waals surface area contributed by atoms with Gasteiger partial charge in [-0.15, -0.1) is 0 Å². The van der Waals surface area contributed by atoms with Crippen molar-refractivity contribution in [1.82, 2.24) is 14.9 Å². The SMILES string of the molecule is O=C(CSc1nc(C(F)(F)F)nc2ccccc12)N1CCN(c2ccccc2[N+](=O)[O-])CC1. The molecule has 0 saturated carbocycles. The molecule has 1 aliphatic heterocycles. The van der Waals surface area contributed by atoms with Crippen molar-refractivity contribution >= 4 is 39.9 Å². The molecule has 33 heavy (non-hydrogen) atoms. The Hall–Kier alpha value is -3.41. The quantitative estimate of drug-likeness (QED) is 0.237. The van der Waals surface area contributed by atoms with Gasteiger partial charge in [0.05, 0.1) is 16.2 Å². The summed E-state index contributed by atoms with van der Waals surface area (Å²) in [5.41, 5.74) is 0.660. The van der Waals surface area contributed by atoms with Crippen LogP contribution < -0.4 is 4.90 Å². The van der Waals surface area contributed by atoms with E-state index in [1.165, 1.54) is 12.1 Å². The van der Waals surface area contributed by atoms with Crippen LogP contribution >= 0.6 is 11.8 Å². The van der Waals surface area contributed by atoms with Gasteiger partial charge in [0, 0.05) is 37.6 Å². The van der Waals surface area contributed by atoms with Gasteiger partial charge in [0.2, 0.25) is 11.7 Å². The van der Waals surface area contributed by atoms with E-state index in [0.29, 0.717) is 37.3 Å². The molecule has 1 saturated heterocycles. The lowest BCUT2D eigenvalue weighted by molar-refractivity contribution is -0.384. The number of hydrogen-bond donors (Lipinski definition) is 0. The van der Waals surface area contributed by atoms with Crippen molar-refractivity contribution in [2.24, 2.45) is 0 Å². The predicted octanol–water partition coefficient (Wildman–Crippen LogP) is 4.00. The van der Waals surface area contributed by atoms with Crippen molar-refractivity contribution in [3.8, 4) is 0 Å². The standard InChI is InChI=1S/C21H18F3N5O3S/c22-21(23,24)20-25-15-6-2-1-5-14(15)19(26-20)33-13-18(30)28-11-9-27(10-12-28)16-7-3-4-8-17(16)29(31)32/h1-8H,9-13H2. The molecule has 0 N–H and O–H groups in total.